The van der Waals surface area contributed by atoms with E-state index in [2.05, 4.69) is 22.0 Å². The van der Waals surface area contributed by atoms with Crippen LogP contribution in [0.15, 0.2) is 0 Å². The summed E-state index contributed by atoms with van der Waals surface area (Å²) >= 11 is 0. The van der Waals surface area contributed by atoms with E-state index in [-0.39, 0.29) is 5.84 Å². The molecule has 110 valence electrons. The molecule has 1 aromatic rings. The third-order valence-electron chi connectivity index (χ3n) is 4.23. The van der Waals surface area contributed by atoms with E-state index >= 15 is 0 Å². The van der Waals surface area contributed by atoms with Crippen LogP contribution < -0.4 is 10.6 Å². The smallest absolute Gasteiger partial charge is 0.162 e. The van der Waals surface area contributed by atoms with Crippen molar-refractivity contribution in [2.24, 2.45) is 5.73 Å². The third-order valence-corrected chi connectivity index (χ3v) is 4.23. The predicted molar refractivity (Wildman–Crippen MR) is 82.4 cm³/mol. The van der Waals surface area contributed by atoms with Crippen LogP contribution in [0.3, 0.4) is 0 Å². The molecular formula is C15H25N5. The molecule has 1 unspecified atom stereocenters. The summed E-state index contributed by atoms with van der Waals surface area (Å²) in [5.74, 6) is 0.898. The highest BCUT2D eigenvalue weighted by atomic mass is 15.3. The molecule has 0 spiro atoms. The number of aromatic nitrogens is 2. The van der Waals surface area contributed by atoms with E-state index in [4.69, 9.17) is 11.1 Å². The zero-order valence-electron chi connectivity index (χ0n) is 12.7. The second-order valence-corrected chi connectivity index (χ2v) is 5.65. The normalized spacial score (nSPS) is 19.1. The van der Waals surface area contributed by atoms with E-state index in [1.807, 2.05) is 13.8 Å². The Morgan fingerprint density at radius 2 is 2.10 bits per heavy atom. The largest absolute Gasteiger partial charge is 0.384 e. The summed E-state index contributed by atoms with van der Waals surface area (Å²) < 4.78 is 0. The third kappa shape index (κ3) is 2.76. The van der Waals surface area contributed by atoms with E-state index in [0.29, 0.717) is 6.04 Å². The zero-order valence-corrected chi connectivity index (χ0v) is 12.7. The van der Waals surface area contributed by atoms with Gasteiger partial charge in [0.15, 0.2) is 5.82 Å². The molecule has 0 saturated carbocycles. The lowest BCUT2D eigenvalue weighted by Gasteiger charge is -2.37. The van der Waals surface area contributed by atoms with E-state index in [0.717, 1.165) is 42.0 Å². The van der Waals surface area contributed by atoms with Crippen molar-refractivity contribution in [2.45, 2.75) is 58.9 Å². The highest BCUT2D eigenvalue weighted by molar-refractivity contribution is 6.01. The lowest BCUT2D eigenvalue weighted by molar-refractivity contribution is 0.430. The molecule has 1 aromatic heterocycles. The first kappa shape index (κ1) is 14.8. The van der Waals surface area contributed by atoms with Gasteiger partial charge in [-0.2, -0.15) is 5.10 Å². The van der Waals surface area contributed by atoms with Crippen molar-refractivity contribution in [1.82, 2.24) is 10.2 Å². The first-order valence-corrected chi connectivity index (χ1v) is 7.51. The molecule has 5 nitrogen and oxygen atoms in total. The van der Waals surface area contributed by atoms with Crippen molar-refractivity contribution in [3.8, 4) is 0 Å². The maximum Gasteiger partial charge on any atom is 0.162 e. The SMILES string of the molecule is CCCC1CCCCN1c1nnc(C)c(C)c1C(=N)N. The minimum Gasteiger partial charge on any atom is -0.384 e. The lowest BCUT2D eigenvalue weighted by Crippen LogP contribution is -2.41. The van der Waals surface area contributed by atoms with Crippen molar-refractivity contribution in [3.05, 3.63) is 16.8 Å². The van der Waals surface area contributed by atoms with Crippen LogP contribution in [0, 0.1) is 19.3 Å². The Morgan fingerprint density at radius 3 is 2.75 bits per heavy atom. The predicted octanol–water partition coefficient (Wildman–Crippen LogP) is 2.54. The summed E-state index contributed by atoms with van der Waals surface area (Å²) in [4.78, 5) is 2.32. The maximum absolute atomic E-state index is 7.88. The Kier molecular flexibility index (Phi) is 4.57. The van der Waals surface area contributed by atoms with Gasteiger partial charge in [-0.25, -0.2) is 0 Å². The fourth-order valence-corrected chi connectivity index (χ4v) is 3.03. The summed E-state index contributed by atoms with van der Waals surface area (Å²) in [5, 5.41) is 16.5. The number of amidine groups is 1. The van der Waals surface area contributed by atoms with Gasteiger partial charge in [0.1, 0.15) is 5.84 Å². The first-order chi connectivity index (χ1) is 9.56. The Morgan fingerprint density at radius 1 is 1.35 bits per heavy atom. The summed E-state index contributed by atoms with van der Waals surface area (Å²) in [5.41, 5.74) is 8.39. The Balaban J connectivity index is 2.44. The van der Waals surface area contributed by atoms with E-state index in [1.54, 1.807) is 0 Å². The van der Waals surface area contributed by atoms with Crippen molar-refractivity contribution < 1.29 is 0 Å². The average Bonchev–Trinajstić information content (AvgIpc) is 2.42. The molecule has 0 aromatic carbocycles. The molecule has 3 N–H and O–H groups in total. The number of nitrogens with zero attached hydrogens (tertiary/aromatic N) is 3. The quantitative estimate of drug-likeness (QED) is 0.653. The number of aryl methyl sites for hydroxylation is 1. The topological polar surface area (TPSA) is 78.9 Å². The van der Waals surface area contributed by atoms with Gasteiger partial charge < -0.3 is 10.6 Å². The Labute approximate surface area is 121 Å². The van der Waals surface area contributed by atoms with Gasteiger partial charge in [0.25, 0.3) is 0 Å². The molecule has 1 aliphatic rings. The number of hydrogen-bond donors (Lipinski definition) is 2. The minimum absolute atomic E-state index is 0.0938. The first-order valence-electron chi connectivity index (χ1n) is 7.51. The molecular weight excluding hydrogens is 250 g/mol. The maximum atomic E-state index is 7.88. The standard InChI is InChI=1S/C15H25N5/c1-4-7-12-8-5-6-9-20(12)15-13(14(16)17)10(2)11(3)18-19-15/h12H,4-9H2,1-3H3,(H3,16,17). The van der Waals surface area contributed by atoms with Crippen LogP contribution >= 0.6 is 0 Å². The van der Waals surface area contributed by atoms with Gasteiger partial charge in [0.05, 0.1) is 11.3 Å². The number of rotatable bonds is 4. The molecule has 2 heterocycles. The monoisotopic (exact) mass is 275 g/mol. The van der Waals surface area contributed by atoms with Crippen LogP contribution in [-0.4, -0.2) is 28.6 Å². The molecule has 2 rings (SSSR count). The summed E-state index contributed by atoms with van der Waals surface area (Å²) in [6.45, 7) is 7.09. The Hall–Kier alpha value is -1.65. The van der Waals surface area contributed by atoms with Gasteiger partial charge in [-0.15, -0.1) is 5.10 Å². The van der Waals surface area contributed by atoms with Crippen molar-refractivity contribution in [1.29, 1.82) is 5.41 Å². The fraction of sp³-hybridized carbons (Fsp3) is 0.667. The number of hydrogen-bond acceptors (Lipinski definition) is 4. The van der Waals surface area contributed by atoms with Crippen LogP contribution in [0.5, 0.6) is 0 Å². The van der Waals surface area contributed by atoms with E-state index in [9.17, 15) is 0 Å². The van der Waals surface area contributed by atoms with Crippen molar-refractivity contribution in [2.75, 3.05) is 11.4 Å². The van der Waals surface area contributed by atoms with Crippen LogP contribution in [0.25, 0.3) is 0 Å². The number of nitrogens with one attached hydrogen (secondary N) is 1. The van der Waals surface area contributed by atoms with Gasteiger partial charge in [0.2, 0.25) is 0 Å². The average molecular weight is 275 g/mol. The molecule has 1 saturated heterocycles. The van der Waals surface area contributed by atoms with E-state index in [1.165, 1.54) is 19.3 Å². The Bertz CT molecular complexity index is 495. The van der Waals surface area contributed by atoms with Gasteiger partial charge >= 0.3 is 0 Å². The molecule has 0 aliphatic carbocycles. The molecule has 0 amide bonds. The molecule has 0 bridgehead atoms. The zero-order chi connectivity index (χ0) is 14.7. The number of nitrogens with two attached hydrogens (primary N) is 1. The molecule has 0 radical (unpaired) electrons. The number of nitrogen functional groups attached to an aromatic ring is 1. The van der Waals surface area contributed by atoms with Gasteiger partial charge in [-0.3, -0.25) is 5.41 Å². The molecule has 1 aliphatic heterocycles. The van der Waals surface area contributed by atoms with Gasteiger partial charge in [-0.05, 0) is 45.1 Å². The second-order valence-electron chi connectivity index (χ2n) is 5.65. The molecule has 1 fully saturated rings. The summed E-state index contributed by atoms with van der Waals surface area (Å²) in [6.07, 6.45) is 5.96. The van der Waals surface area contributed by atoms with E-state index < -0.39 is 0 Å². The van der Waals surface area contributed by atoms with Gasteiger partial charge in [0, 0.05) is 12.6 Å². The van der Waals surface area contributed by atoms with Crippen LogP contribution in [-0.2, 0) is 0 Å². The van der Waals surface area contributed by atoms with Crippen LogP contribution in [0.1, 0.15) is 55.8 Å². The van der Waals surface area contributed by atoms with Crippen LogP contribution in [0.2, 0.25) is 0 Å². The number of piperidine rings is 1. The lowest BCUT2D eigenvalue weighted by atomic mass is 9.97. The second kappa shape index (κ2) is 6.20. The van der Waals surface area contributed by atoms with Crippen molar-refractivity contribution in [3.63, 3.8) is 0 Å². The van der Waals surface area contributed by atoms with Crippen LogP contribution in [0.4, 0.5) is 5.82 Å². The number of anilines is 1. The fourth-order valence-electron chi connectivity index (χ4n) is 3.03. The molecule has 5 heteroatoms. The molecule has 20 heavy (non-hydrogen) atoms. The summed E-state index contributed by atoms with van der Waals surface area (Å²) in [6, 6.07) is 0.503. The minimum atomic E-state index is 0.0938. The van der Waals surface area contributed by atoms with Gasteiger partial charge in [-0.1, -0.05) is 13.3 Å². The highest BCUT2D eigenvalue weighted by Crippen LogP contribution is 2.29. The summed E-state index contributed by atoms with van der Waals surface area (Å²) in [7, 11) is 0. The molecule has 1 atom stereocenters. The highest BCUT2D eigenvalue weighted by Gasteiger charge is 2.27. The van der Waals surface area contributed by atoms with Crippen molar-refractivity contribution >= 4 is 11.7 Å².